The first-order valence-electron chi connectivity index (χ1n) is 6.14. The molecule has 0 aliphatic heterocycles. The fourth-order valence-electron chi connectivity index (χ4n) is 1.75. The third-order valence-corrected chi connectivity index (χ3v) is 3.68. The molecule has 2 aromatic rings. The van der Waals surface area contributed by atoms with Crippen molar-refractivity contribution in [2.24, 2.45) is 0 Å². The minimum absolute atomic E-state index is 0.392. The van der Waals surface area contributed by atoms with Gasteiger partial charge in [0.1, 0.15) is 17.0 Å². The quantitative estimate of drug-likeness (QED) is 0.773. The zero-order valence-electron chi connectivity index (χ0n) is 10.9. The summed E-state index contributed by atoms with van der Waals surface area (Å²) in [5.74, 6) is 0.709. The number of hydrogen-bond acceptors (Lipinski definition) is 3. The Morgan fingerprint density at radius 2 is 2.16 bits per heavy atom. The van der Waals surface area contributed by atoms with Crippen LogP contribution in [0.4, 0.5) is 0 Å². The summed E-state index contributed by atoms with van der Waals surface area (Å²) in [6.45, 7) is 5.24. The fraction of sp³-hybridized carbons (Fsp3) is 0.385. The molecular weight excluding hydrogens is 330 g/mol. The molecule has 0 aliphatic rings. The second-order valence-corrected chi connectivity index (χ2v) is 5.17. The lowest BCUT2D eigenvalue weighted by Crippen LogP contribution is -2.06. The predicted molar refractivity (Wildman–Crippen MR) is 78.6 cm³/mol. The largest absolute Gasteiger partial charge is 0.486 e. The minimum atomic E-state index is 0.392. The van der Waals surface area contributed by atoms with E-state index in [1.165, 1.54) is 0 Å². The number of rotatable bonds is 5. The number of halogens is 2. The van der Waals surface area contributed by atoms with Gasteiger partial charge in [-0.2, -0.15) is 5.10 Å². The Labute approximate surface area is 125 Å². The van der Waals surface area contributed by atoms with Crippen molar-refractivity contribution in [2.75, 3.05) is 0 Å². The first-order valence-corrected chi connectivity index (χ1v) is 7.31. The van der Waals surface area contributed by atoms with Crippen molar-refractivity contribution in [1.29, 1.82) is 0 Å². The van der Waals surface area contributed by atoms with Crippen LogP contribution in [0.15, 0.2) is 22.9 Å². The molecule has 0 amide bonds. The van der Waals surface area contributed by atoms with Crippen LogP contribution in [0.25, 0.3) is 0 Å². The normalized spacial score (nSPS) is 10.7. The molecule has 0 saturated carbocycles. The molecule has 0 saturated heterocycles. The van der Waals surface area contributed by atoms with Gasteiger partial charge in [0.2, 0.25) is 0 Å². The maximum absolute atomic E-state index is 6.31. The molecule has 0 N–H and O–H groups in total. The van der Waals surface area contributed by atoms with Gasteiger partial charge in [0, 0.05) is 6.54 Å². The van der Waals surface area contributed by atoms with Gasteiger partial charge in [-0.25, -0.2) is 4.98 Å². The summed E-state index contributed by atoms with van der Waals surface area (Å²) in [7, 11) is 0. The molecule has 2 heterocycles. The van der Waals surface area contributed by atoms with Crippen LogP contribution in [0, 0.1) is 0 Å². The summed E-state index contributed by atoms with van der Waals surface area (Å²) in [5, 5.41) is 5.16. The highest BCUT2D eigenvalue weighted by molar-refractivity contribution is 9.10. The van der Waals surface area contributed by atoms with E-state index in [1.54, 1.807) is 6.20 Å². The van der Waals surface area contributed by atoms with Crippen LogP contribution < -0.4 is 4.74 Å². The van der Waals surface area contributed by atoms with Crippen molar-refractivity contribution in [3.63, 3.8) is 0 Å². The topological polar surface area (TPSA) is 39.9 Å². The van der Waals surface area contributed by atoms with Crippen LogP contribution in [-0.4, -0.2) is 14.8 Å². The zero-order valence-corrected chi connectivity index (χ0v) is 13.2. The van der Waals surface area contributed by atoms with Crippen molar-refractivity contribution >= 4 is 27.5 Å². The third-order valence-electron chi connectivity index (χ3n) is 2.77. The molecule has 0 spiro atoms. The SMILES string of the molecule is CCc1nn(CC)c(COc2ccc(Br)nc2)c1Cl. The Morgan fingerprint density at radius 3 is 2.74 bits per heavy atom. The summed E-state index contributed by atoms with van der Waals surface area (Å²) in [5.41, 5.74) is 1.82. The molecule has 4 nitrogen and oxygen atoms in total. The van der Waals surface area contributed by atoms with E-state index in [1.807, 2.05) is 30.7 Å². The molecule has 6 heteroatoms. The lowest BCUT2D eigenvalue weighted by molar-refractivity contribution is 0.291. The molecule has 0 aromatic carbocycles. The second-order valence-electron chi connectivity index (χ2n) is 3.98. The maximum Gasteiger partial charge on any atom is 0.138 e. The minimum Gasteiger partial charge on any atom is -0.486 e. The average molecular weight is 345 g/mol. The van der Waals surface area contributed by atoms with Crippen molar-refractivity contribution < 1.29 is 4.74 Å². The highest BCUT2D eigenvalue weighted by Crippen LogP contribution is 2.23. The Morgan fingerprint density at radius 1 is 1.37 bits per heavy atom. The second kappa shape index (κ2) is 6.39. The van der Waals surface area contributed by atoms with E-state index in [2.05, 4.69) is 26.0 Å². The van der Waals surface area contributed by atoms with Gasteiger partial charge >= 0.3 is 0 Å². The molecule has 0 radical (unpaired) electrons. The lowest BCUT2D eigenvalue weighted by atomic mass is 10.3. The molecule has 0 fully saturated rings. The summed E-state index contributed by atoms with van der Waals surface area (Å²) >= 11 is 9.60. The molecular formula is C13H15BrClN3O. The molecule has 2 aromatic heterocycles. The van der Waals surface area contributed by atoms with Gasteiger partial charge in [0.25, 0.3) is 0 Å². The predicted octanol–water partition coefficient (Wildman–Crippen LogP) is 3.86. The van der Waals surface area contributed by atoms with Crippen LogP contribution in [0.3, 0.4) is 0 Å². The number of hydrogen-bond donors (Lipinski definition) is 0. The maximum atomic E-state index is 6.31. The van der Waals surface area contributed by atoms with Crippen LogP contribution >= 0.6 is 27.5 Å². The molecule has 0 bridgehead atoms. The van der Waals surface area contributed by atoms with Gasteiger partial charge in [-0.3, -0.25) is 4.68 Å². The summed E-state index contributed by atoms with van der Waals surface area (Å²) in [4.78, 5) is 4.11. The first kappa shape index (κ1) is 14.3. The van der Waals surface area contributed by atoms with E-state index in [4.69, 9.17) is 16.3 Å². The van der Waals surface area contributed by atoms with Crippen LogP contribution in [-0.2, 0) is 19.6 Å². The Bertz CT molecular complexity index is 554. The molecule has 102 valence electrons. The number of nitrogens with zero attached hydrogens (tertiary/aromatic N) is 3. The van der Waals surface area contributed by atoms with Gasteiger partial charge in [-0.05, 0) is 41.4 Å². The van der Waals surface area contributed by atoms with Gasteiger partial charge in [0.05, 0.1) is 22.6 Å². The summed E-state index contributed by atoms with van der Waals surface area (Å²) < 4.78 is 8.36. The highest BCUT2D eigenvalue weighted by Gasteiger charge is 2.14. The number of ether oxygens (including phenoxy) is 1. The number of pyridine rings is 1. The number of aromatic nitrogens is 3. The van der Waals surface area contributed by atoms with Crippen molar-refractivity contribution in [3.05, 3.63) is 39.3 Å². The summed E-state index contributed by atoms with van der Waals surface area (Å²) in [6.07, 6.45) is 2.49. The monoisotopic (exact) mass is 343 g/mol. The standard InChI is InChI=1S/C13H15BrClN3O/c1-3-10-13(15)11(18(4-2)17-10)8-19-9-5-6-12(14)16-7-9/h5-7H,3-4,8H2,1-2H3. The molecule has 0 atom stereocenters. The Kier molecular flexibility index (Phi) is 4.82. The van der Waals surface area contributed by atoms with E-state index >= 15 is 0 Å². The third kappa shape index (κ3) is 3.28. The van der Waals surface area contributed by atoms with Gasteiger partial charge < -0.3 is 4.74 Å². The fourth-order valence-corrected chi connectivity index (χ4v) is 2.31. The average Bonchev–Trinajstić information content (AvgIpc) is 2.74. The van der Waals surface area contributed by atoms with Gasteiger partial charge in [-0.15, -0.1) is 0 Å². The van der Waals surface area contributed by atoms with E-state index < -0.39 is 0 Å². The summed E-state index contributed by atoms with van der Waals surface area (Å²) in [6, 6.07) is 3.70. The van der Waals surface area contributed by atoms with E-state index in [0.29, 0.717) is 17.4 Å². The van der Waals surface area contributed by atoms with Crippen LogP contribution in [0.1, 0.15) is 25.2 Å². The van der Waals surface area contributed by atoms with Gasteiger partial charge in [-0.1, -0.05) is 18.5 Å². The molecule has 2 rings (SSSR count). The van der Waals surface area contributed by atoms with Crippen LogP contribution in [0.5, 0.6) is 5.75 Å². The van der Waals surface area contributed by atoms with E-state index in [-0.39, 0.29) is 0 Å². The Balaban J connectivity index is 2.14. The Hall–Kier alpha value is -1.07. The first-order chi connectivity index (χ1) is 9.15. The molecule has 0 aliphatic carbocycles. The van der Waals surface area contributed by atoms with Crippen molar-refractivity contribution in [1.82, 2.24) is 14.8 Å². The highest BCUT2D eigenvalue weighted by atomic mass is 79.9. The molecule has 0 unspecified atom stereocenters. The lowest BCUT2D eigenvalue weighted by Gasteiger charge is -2.08. The van der Waals surface area contributed by atoms with Crippen LogP contribution in [0.2, 0.25) is 5.02 Å². The smallest absolute Gasteiger partial charge is 0.138 e. The number of aryl methyl sites for hydroxylation is 2. The van der Waals surface area contributed by atoms with Gasteiger partial charge in [0.15, 0.2) is 0 Å². The van der Waals surface area contributed by atoms with E-state index in [0.717, 1.165) is 29.0 Å². The zero-order chi connectivity index (χ0) is 13.8. The van der Waals surface area contributed by atoms with Crippen molar-refractivity contribution in [2.45, 2.75) is 33.4 Å². The van der Waals surface area contributed by atoms with Crippen molar-refractivity contribution in [3.8, 4) is 5.75 Å². The molecule has 19 heavy (non-hydrogen) atoms. The van der Waals surface area contributed by atoms with E-state index in [9.17, 15) is 0 Å².